The Hall–Kier alpha value is -3.28. The van der Waals surface area contributed by atoms with Crippen molar-refractivity contribution in [3.63, 3.8) is 0 Å². The highest BCUT2D eigenvalue weighted by molar-refractivity contribution is 6.01. The van der Waals surface area contributed by atoms with Crippen molar-refractivity contribution in [1.82, 2.24) is 9.88 Å². The van der Waals surface area contributed by atoms with Crippen LogP contribution in [-0.2, 0) is 11.3 Å². The number of nitrogens with zero attached hydrogens (tertiary/aromatic N) is 2. The van der Waals surface area contributed by atoms with Gasteiger partial charge in [0.25, 0.3) is 0 Å². The van der Waals surface area contributed by atoms with Gasteiger partial charge in [-0.2, -0.15) is 0 Å². The minimum atomic E-state index is -0.531. The zero-order valence-electron chi connectivity index (χ0n) is 17.7. The lowest BCUT2D eigenvalue weighted by molar-refractivity contribution is 0.00464. The summed E-state index contributed by atoms with van der Waals surface area (Å²) in [5.74, 6) is -1.01. The molecule has 5 nitrogen and oxygen atoms in total. The third kappa shape index (κ3) is 3.97. The smallest absolute Gasteiger partial charge is 0.410 e. The normalized spacial score (nSPS) is 22.5. The second-order valence-electron chi connectivity index (χ2n) is 8.75. The summed E-state index contributed by atoms with van der Waals surface area (Å²) in [5, 5.41) is 0.749. The Balaban J connectivity index is 1.31. The lowest BCUT2D eigenvalue weighted by Crippen LogP contribution is -2.55. The van der Waals surface area contributed by atoms with Crippen LogP contribution in [0.15, 0.2) is 60.8 Å². The molecule has 32 heavy (non-hydrogen) atoms. The van der Waals surface area contributed by atoms with Gasteiger partial charge in [-0.05, 0) is 49.8 Å². The summed E-state index contributed by atoms with van der Waals surface area (Å²) < 4.78 is 20.3. The van der Waals surface area contributed by atoms with E-state index in [2.05, 4.69) is 4.98 Å². The molecule has 1 aromatic heterocycles. The van der Waals surface area contributed by atoms with Crippen LogP contribution in [0.3, 0.4) is 0 Å². The third-order valence-corrected chi connectivity index (χ3v) is 6.72. The number of halogens is 1. The summed E-state index contributed by atoms with van der Waals surface area (Å²) >= 11 is 0. The third-order valence-electron chi connectivity index (χ3n) is 6.72. The molecule has 3 aromatic rings. The van der Waals surface area contributed by atoms with Crippen molar-refractivity contribution in [1.29, 1.82) is 0 Å². The van der Waals surface area contributed by atoms with Gasteiger partial charge >= 0.3 is 6.09 Å². The van der Waals surface area contributed by atoms with Crippen molar-refractivity contribution < 1.29 is 18.7 Å². The number of piperidine rings is 2. The fourth-order valence-electron chi connectivity index (χ4n) is 5.19. The number of ketones is 1. The molecule has 0 radical (unpaired) electrons. The number of Topliss-reactive ketones (excluding diaryl/α,β-unsaturated/α-hetero) is 1. The van der Waals surface area contributed by atoms with Crippen LogP contribution in [0.2, 0.25) is 0 Å². The summed E-state index contributed by atoms with van der Waals surface area (Å²) in [5.41, 5.74) is 1.60. The predicted octanol–water partition coefficient (Wildman–Crippen LogP) is 5.53. The van der Waals surface area contributed by atoms with Crippen molar-refractivity contribution in [3.05, 3.63) is 77.7 Å². The van der Waals surface area contributed by atoms with E-state index in [1.165, 1.54) is 6.07 Å². The van der Waals surface area contributed by atoms with Crippen LogP contribution in [0.4, 0.5) is 9.18 Å². The molecule has 0 spiro atoms. The van der Waals surface area contributed by atoms with Gasteiger partial charge in [0.1, 0.15) is 12.4 Å². The van der Waals surface area contributed by atoms with E-state index in [0.29, 0.717) is 18.4 Å². The molecule has 2 bridgehead atoms. The van der Waals surface area contributed by atoms with E-state index in [0.717, 1.165) is 30.2 Å². The topological polar surface area (TPSA) is 59.5 Å². The summed E-state index contributed by atoms with van der Waals surface area (Å²) in [6, 6.07) is 16.0. The van der Waals surface area contributed by atoms with Crippen molar-refractivity contribution in [2.24, 2.45) is 5.92 Å². The highest BCUT2D eigenvalue weighted by atomic mass is 19.1. The zero-order chi connectivity index (χ0) is 22.1. The Bertz CT molecular complexity index is 1140. The number of rotatable bonds is 4. The first-order valence-electron chi connectivity index (χ1n) is 11.2. The van der Waals surface area contributed by atoms with Crippen LogP contribution in [0, 0.1) is 11.7 Å². The Labute approximate surface area is 186 Å². The summed E-state index contributed by atoms with van der Waals surface area (Å²) in [7, 11) is 0. The second kappa shape index (κ2) is 8.69. The lowest BCUT2D eigenvalue weighted by atomic mass is 9.75. The molecule has 3 heterocycles. The van der Waals surface area contributed by atoms with Crippen molar-refractivity contribution >= 4 is 22.8 Å². The van der Waals surface area contributed by atoms with Gasteiger partial charge in [-0.15, -0.1) is 0 Å². The Kier molecular flexibility index (Phi) is 5.60. The summed E-state index contributed by atoms with van der Waals surface area (Å²) in [4.78, 5) is 32.2. The number of aromatic nitrogens is 1. The molecule has 0 saturated carbocycles. The maximum Gasteiger partial charge on any atom is 0.410 e. The highest BCUT2D eigenvalue weighted by Gasteiger charge is 2.44. The lowest BCUT2D eigenvalue weighted by Gasteiger charge is -2.47. The van der Waals surface area contributed by atoms with Crippen LogP contribution in [-0.4, -0.2) is 33.8 Å². The standard InChI is InChI=1S/C26H25FN2O3/c27-23-15-24-18(8-5-11-28-24)14-22(23)25(30)19-12-20-9-4-10-21(13-19)29(20)26(31)32-16-17-6-2-1-3-7-17/h1-3,5-8,11,14-15,19-21H,4,9-10,12-13,16H2. The highest BCUT2D eigenvalue weighted by Crippen LogP contribution is 2.39. The van der Waals surface area contributed by atoms with Gasteiger partial charge in [0, 0.05) is 35.7 Å². The molecule has 2 atom stereocenters. The number of ether oxygens (including phenoxy) is 1. The molecule has 2 saturated heterocycles. The Morgan fingerprint density at radius 2 is 1.78 bits per heavy atom. The van der Waals surface area contributed by atoms with Gasteiger partial charge in [0.05, 0.1) is 11.1 Å². The molecule has 164 valence electrons. The maximum absolute atomic E-state index is 14.7. The number of pyridine rings is 1. The molecule has 0 aliphatic carbocycles. The second-order valence-corrected chi connectivity index (χ2v) is 8.75. The molecular weight excluding hydrogens is 407 g/mol. The van der Waals surface area contributed by atoms with Gasteiger partial charge in [0.15, 0.2) is 5.78 Å². The number of fused-ring (bicyclic) bond motifs is 3. The number of amides is 1. The monoisotopic (exact) mass is 432 g/mol. The van der Waals surface area contributed by atoms with Gasteiger partial charge in [-0.3, -0.25) is 9.78 Å². The Morgan fingerprint density at radius 3 is 2.53 bits per heavy atom. The molecular formula is C26H25FN2O3. The summed E-state index contributed by atoms with van der Waals surface area (Å²) in [6.07, 6.45) is 5.07. The fraction of sp³-hybridized carbons (Fsp3) is 0.346. The Morgan fingerprint density at radius 1 is 1.03 bits per heavy atom. The maximum atomic E-state index is 14.7. The number of benzene rings is 2. The number of hydrogen-bond donors (Lipinski definition) is 0. The average Bonchev–Trinajstić information content (AvgIpc) is 2.81. The summed E-state index contributed by atoms with van der Waals surface area (Å²) in [6.45, 7) is 0.230. The number of hydrogen-bond acceptors (Lipinski definition) is 4. The fourth-order valence-corrected chi connectivity index (χ4v) is 5.19. The minimum Gasteiger partial charge on any atom is -0.445 e. The van der Waals surface area contributed by atoms with Crippen molar-refractivity contribution in [3.8, 4) is 0 Å². The van der Waals surface area contributed by atoms with Crippen LogP contribution >= 0.6 is 0 Å². The van der Waals surface area contributed by atoms with Gasteiger partial charge < -0.3 is 9.64 Å². The average molecular weight is 432 g/mol. The van der Waals surface area contributed by atoms with Gasteiger partial charge in [-0.25, -0.2) is 9.18 Å². The molecule has 2 fully saturated rings. The molecule has 0 N–H and O–H groups in total. The van der Waals surface area contributed by atoms with E-state index in [1.54, 1.807) is 18.3 Å². The van der Waals surface area contributed by atoms with E-state index < -0.39 is 5.82 Å². The van der Waals surface area contributed by atoms with Crippen LogP contribution in [0.25, 0.3) is 10.9 Å². The SMILES string of the molecule is O=C(c1cc2cccnc2cc1F)C1CC2CCCC(C1)N2C(=O)OCc1ccccc1. The van der Waals surface area contributed by atoms with E-state index in [-0.39, 0.29) is 42.0 Å². The first-order chi connectivity index (χ1) is 15.6. The van der Waals surface area contributed by atoms with Crippen molar-refractivity contribution in [2.45, 2.75) is 50.8 Å². The predicted molar refractivity (Wildman–Crippen MR) is 119 cm³/mol. The minimum absolute atomic E-state index is 0.0510. The van der Waals surface area contributed by atoms with E-state index >= 15 is 0 Å². The van der Waals surface area contributed by atoms with E-state index in [4.69, 9.17) is 4.74 Å². The van der Waals surface area contributed by atoms with Gasteiger partial charge in [0.2, 0.25) is 0 Å². The molecule has 2 aliphatic rings. The van der Waals surface area contributed by atoms with Gasteiger partial charge in [-0.1, -0.05) is 36.4 Å². The van der Waals surface area contributed by atoms with Crippen molar-refractivity contribution in [2.75, 3.05) is 0 Å². The van der Waals surface area contributed by atoms with E-state index in [9.17, 15) is 14.0 Å². The molecule has 1 amide bonds. The van der Waals surface area contributed by atoms with Crippen LogP contribution in [0.1, 0.15) is 48.0 Å². The first kappa shape index (κ1) is 20.6. The zero-order valence-corrected chi connectivity index (χ0v) is 17.7. The molecule has 6 heteroatoms. The molecule has 2 unspecified atom stereocenters. The van der Waals surface area contributed by atoms with E-state index in [1.807, 2.05) is 41.3 Å². The molecule has 2 aromatic carbocycles. The number of carbonyl (C=O) groups is 2. The quantitative estimate of drug-likeness (QED) is 0.509. The largest absolute Gasteiger partial charge is 0.445 e. The van der Waals surface area contributed by atoms with Crippen LogP contribution < -0.4 is 0 Å². The molecule has 2 aliphatic heterocycles. The first-order valence-corrected chi connectivity index (χ1v) is 11.2. The number of carbonyl (C=O) groups excluding carboxylic acids is 2. The molecule has 5 rings (SSSR count). The van der Waals surface area contributed by atoms with Crippen LogP contribution in [0.5, 0.6) is 0 Å².